The molecule has 2 aliphatic heterocycles. The number of phosphoric acid groups is 1. The number of nitrogen functional groups attached to an aromatic ring is 2. The number of aliphatic hydroxyl groups excluding tert-OH is 3. The third-order valence-electron chi connectivity index (χ3n) is 6.93. The largest absolute Gasteiger partial charge is 0.479 e. The molecule has 0 saturated carbocycles. The molecule has 21 nitrogen and oxygen atoms in total. The number of anilines is 2. The summed E-state index contributed by atoms with van der Waals surface area (Å²) in [7, 11) is -2.35. The van der Waals surface area contributed by atoms with Crippen molar-refractivity contribution in [3.63, 3.8) is 0 Å². The first-order valence-corrected chi connectivity index (χ1v) is 14.0. The van der Waals surface area contributed by atoms with E-state index in [1.165, 1.54) is 42.3 Å². The van der Waals surface area contributed by atoms with Crippen LogP contribution in [0.2, 0.25) is 0 Å². The van der Waals surface area contributed by atoms with E-state index in [-0.39, 0.29) is 40.0 Å². The molecule has 0 radical (unpaired) electrons. The van der Waals surface area contributed by atoms with Crippen molar-refractivity contribution in [2.45, 2.75) is 49.3 Å². The fraction of sp³-hybridized carbons (Fsp3) is 0.524. The molecule has 0 aliphatic carbocycles. The van der Waals surface area contributed by atoms with E-state index in [1.807, 2.05) is 0 Å². The zero-order valence-electron chi connectivity index (χ0n) is 22.4. The van der Waals surface area contributed by atoms with Gasteiger partial charge in [0.2, 0.25) is 11.8 Å². The molecule has 0 aromatic carbocycles. The molecule has 0 amide bonds. The molecule has 2 fully saturated rings. The molecule has 232 valence electrons. The maximum absolute atomic E-state index is 12.9. The standard InChI is InChI=1S/C21H27N10O11P/c1-37-17-9-16(28-21(23)29-17)31(6-27-9)18-11(33)10(32)7(40-18)3-39-43(35,36)42-13-12(34)19(41-20(13)38-2)30-5-26-8-14(22)24-4-25-15(8)30/h4-7,10-13,18-20,32-34H,3H2,1-2H3,(H,35,36)(H2,22,24,25)(H2,23,28,29)/t7-,10+,11+,12+,13-,18-,19-,20+/m1/s1. The molecule has 0 spiro atoms. The zero-order chi connectivity index (χ0) is 30.6. The number of imidazole rings is 2. The fourth-order valence-corrected chi connectivity index (χ4v) is 5.82. The number of nitrogens with two attached hydrogens (primary N) is 2. The summed E-state index contributed by atoms with van der Waals surface area (Å²) in [5, 5.41) is 32.3. The second-order valence-electron chi connectivity index (χ2n) is 9.50. The molecular weight excluding hydrogens is 599 g/mol. The minimum atomic E-state index is -4.96. The van der Waals surface area contributed by atoms with Gasteiger partial charge in [-0.15, -0.1) is 0 Å². The lowest BCUT2D eigenvalue weighted by atomic mass is 10.1. The molecule has 6 rings (SSSR count). The Balaban J connectivity index is 1.14. The number of hydrogen-bond acceptors (Lipinski definition) is 18. The summed E-state index contributed by atoms with van der Waals surface area (Å²) >= 11 is 0. The molecule has 0 bridgehead atoms. The van der Waals surface area contributed by atoms with Crippen LogP contribution in [0.15, 0.2) is 19.0 Å². The lowest BCUT2D eigenvalue weighted by Crippen LogP contribution is -2.36. The number of aromatic nitrogens is 8. The Hall–Kier alpha value is -3.63. The number of methoxy groups -OCH3 is 2. The molecule has 6 heterocycles. The van der Waals surface area contributed by atoms with Gasteiger partial charge >= 0.3 is 7.82 Å². The average molecular weight is 626 g/mol. The van der Waals surface area contributed by atoms with Gasteiger partial charge in [-0.25, -0.2) is 24.5 Å². The van der Waals surface area contributed by atoms with Gasteiger partial charge in [0.25, 0.3) is 0 Å². The average Bonchev–Trinajstić information content (AvgIpc) is 3.73. The molecule has 43 heavy (non-hydrogen) atoms. The van der Waals surface area contributed by atoms with Crippen LogP contribution in [0, 0.1) is 0 Å². The summed E-state index contributed by atoms with van der Waals surface area (Å²) in [5.41, 5.74) is 12.4. The first-order valence-electron chi connectivity index (χ1n) is 12.5. The van der Waals surface area contributed by atoms with Crippen LogP contribution < -0.4 is 16.2 Å². The van der Waals surface area contributed by atoms with E-state index in [2.05, 4.69) is 29.9 Å². The first-order chi connectivity index (χ1) is 20.5. The van der Waals surface area contributed by atoms with E-state index in [0.29, 0.717) is 0 Å². The third kappa shape index (κ3) is 5.14. The van der Waals surface area contributed by atoms with Crippen molar-refractivity contribution in [2.24, 2.45) is 0 Å². The Kier molecular flexibility index (Phi) is 7.62. The maximum atomic E-state index is 12.9. The normalized spacial score (nSPS) is 30.7. The van der Waals surface area contributed by atoms with Crippen molar-refractivity contribution in [1.29, 1.82) is 0 Å². The summed E-state index contributed by atoms with van der Waals surface area (Å²) in [4.78, 5) is 34.7. The van der Waals surface area contributed by atoms with Crippen LogP contribution in [0.3, 0.4) is 0 Å². The minimum Gasteiger partial charge on any atom is -0.479 e. The van der Waals surface area contributed by atoms with Crippen LogP contribution in [0.5, 0.6) is 5.88 Å². The number of phosphoric ester groups is 1. The summed E-state index contributed by atoms with van der Waals surface area (Å²) in [6, 6.07) is 0. The number of ether oxygens (including phenoxy) is 4. The van der Waals surface area contributed by atoms with Gasteiger partial charge in [-0.3, -0.25) is 18.2 Å². The van der Waals surface area contributed by atoms with E-state index in [4.69, 9.17) is 39.5 Å². The van der Waals surface area contributed by atoms with Gasteiger partial charge in [0, 0.05) is 7.11 Å². The molecule has 22 heteroatoms. The van der Waals surface area contributed by atoms with Crippen molar-refractivity contribution in [3.05, 3.63) is 19.0 Å². The maximum Gasteiger partial charge on any atom is 0.472 e. The summed E-state index contributed by atoms with van der Waals surface area (Å²) in [6.07, 6.45) is -7.47. The smallest absolute Gasteiger partial charge is 0.472 e. The van der Waals surface area contributed by atoms with Crippen LogP contribution in [-0.4, -0.2) is 117 Å². The van der Waals surface area contributed by atoms with Crippen molar-refractivity contribution in [1.82, 2.24) is 39.0 Å². The van der Waals surface area contributed by atoms with Crippen molar-refractivity contribution >= 4 is 41.9 Å². The summed E-state index contributed by atoms with van der Waals surface area (Å²) in [5.74, 6) is 0.0501. The van der Waals surface area contributed by atoms with Gasteiger partial charge in [-0.2, -0.15) is 9.97 Å². The third-order valence-corrected chi connectivity index (χ3v) is 7.92. The Morgan fingerprint density at radius 3 is 2.35 bits per heavy atom. The number of hydrogen-bond donors (Lipinski definition) is 6. The van der Waals surface area contributed by atoms with Gasteiger partial charge in [-0.1, -0.05) is 0 Å². The Bertz CT molecular complexity index is 1690. The lowest BCUT2D eigenvalue weighted by Gasteiger charge is -2.23. The molecule has 1 unspecified atom stereocenters. The quantitative estimate of drug-likeness (QED) is 0.108. The van der Waals surface area contributed by atoms with E-state index >= 15 is 0 Å². The summed E-state index contributed by atoms with van der Waals surface area (Å²) in [6.45, 7) is -0.706. The highest BCUT2D eigenvalue weighted by molar-refractivity contribution is 7.47. The van der Waals surface area contributed by atoms with Crippen LogP contribution in [0.25, 0.3) is 22.3 Å². The van der Waals surface area contributed by atoms with Crippen molar-refractivity contribution < 1.29 is 52.8 Å². The van der Waals surface area contributed by atoms with Crippen molar-refractivity contribution in [3.8, 4) is 5.88 Å². The lowest BCUT2D eigenvalue weighted by molar-refractivity contribution is -0.159. The van der Waals surface area contributed by atoms with Crippen LogP contribution >= 0.6 is 7.82 Å². The zero-order valence-corrected chi connectivity index (χ0v) is 23.3. The van der Waals surface area contributed by atoms with Crippen LogP contribution in [-0.2, 0) is 27.8 Å². The highest BCUT2D eigenvalue weighted by Gasteiger charge is 2.51. The second-order valence-corrected chi connectivity index (χ2v) is 10.9. The van der Waals surface area contributed by atoms with E-state index in [9.17, 15) is 24.8 Å². The number of fused-ring (bicyclic) bond motifs is 2. The predicted molar refractivity (Wildman–Crippen MR) is 140 cm³/mol. The highest BCUT2D eigenvalue weighted by Crippen LogP contribution is 2.49. The number of nitrogens with zero attached hydrogens (tertiary/aromatic N) is 8. The monoisotopic (exact) mass is 626 g/mol. The second kappa shape index (κ2) is 11.1. The molecule has 9 atom stereocenters. The van der Waals surface area contributed by atoms with Gasteiger partial charge in [0.05, 0.1) is 26.4 Å². The molecule has 2 saturated heterocycles. The van der Waals surface area contributed by atoms with E-state index < -0.39 is 63.7 Å². The predicted octanol–water partition coefficient (Wildman–Crippen LogP) is -2.18. The molecule has 4 aromatic heterocycles. The summed E-state index contributed by atoms with van der Waals surface area (Å²) < 4.78 is 47.7. The first kappa shape index (κ1) is 29.4. The van der Waals surface area contributed by atoms with E-state index in [0.717, 1.165) is 0 Å². The molecule has 8 N–H and O–H groups in total. The Morgan fingerprint density at radius 2 is 1.63 bits per heavy atom. The number of aliphatic hydroxyl groups is 3. The van der Waals surface area contributed by atoms with Crippen molar-refractivity contribution in [2.75, 3.05) is 32.3 Å². The minimum absolute atomic E-state index is 0.0841. The van der Waals surface area contributed by atoms with Gasteiger partial charge in [-0.05, 0) is 0 Å². The van der Waals surface area contributed by atoms with Gasteiger partial charge in [0.1, 0.15) is 36.3 Å². The Labute approximate surface area is 240 Å². The molecule has 2 aliphatic rings. The topological polar surface area (TPSA) is 293 Å². The SMILES string of the molecule is COc1nc(N)nc2c1ncn2[C@@H]1O[C@H](COP(=O)(O)O[C@H]2[C@@H](OC)O[C@@H](n3cnc4c(N)ncnc43)[C@H]2O)[C@H](O)[C@@H]1O. The molecular formula is C21H27N10O11P. The molecule has 4 aromatic rings. The van der Waals surface area contributed by atoms with E-state index in [1.54, 1.807) is 0 Å². The highest BCUT2D eigenvalue weighted by atomic mass is 31.2. The Morgan fingerprint density at radius 1 is 0.930 bits per heavy atom. The fourth-order valence-electron chi connectivity index (χ4n) is 4.89. The van der Waals surface area contributed by atoms with Gasteiger partial charge in [0.15, 0.2) is 47.5 Å². The van der Waals surface area contributed by atoms with Crippen LogP contribution in [0.1, 0.15) is 12.5 Å². The number of rotatable bonds is 9. The van der Waals surface area contributed by atoms with Gasteiger partial charge < -0.3 is 50.6 Å². The van der Waals surface area contributed by atoms with Crippen LogP contribution in [0.4, 0.5) is 11.8 Å².